The van der Waals surface area contributed by atoms with Gasteiger partial charge >= 0.3 is 0 Å². The van der Waals surface area contributed by atoms with Gasteiger partial charge in [-0.25, -0.2) is 4.68 Å². The van der Waals surface area contributed by atoms with Gasteiger partial charge in [0.2, 0.25) is 0 Å². The molecule has 19 heavy (non-hydrogen) atoms. The molecule has 0 saturated heterocycles. The van der Waals surface area contributed by atoms with Crippen molar-refractivity contribution >= 4 is 17.3 Å². The van der Waals surface area contributed by atoms with E-state index in [1.54, 1.807) is 0 Å². The van der Waals surface area contributed by atoms with E-state index in [9.17, 15) is 9.90 Å². The molecule has 5 nitrogen and oxygen atoms in total. The molecule has 0 aliphatic carbocycles. The molecule has 1 rings (SSSR count). The third kappa shape index (κ3) is 4.27. The fourth-order valence-corrected chi connectivity index (χ4v) is 1.93. The predicted molar refractivity (Wildman–Crippen MR) is 76.3 cm³/mol. The van der Waals surface area contributed by atoms with Crippen molar-refractivity contribution in [3.05, 3.63) is 21.6 Å². The van der Waals surface area contributed by atoms with Crippen LogP contribution in [-0.4, -0.2) is 27.5 Å². The first-order chi connectivity index (χ1) is 8.99. The summed E-state index contributed by atoms with van der Waals surface area (Å²) >= 11 is 5.97. The van der Waals surface area contributed by atoms with Crippen LogP contribution in [0.2, 0.25) is 5.02 Å². The SMILES string of the molecule is C#CCn1ncc(Cl)c(NC(CO)CC(C)C)c1=O. The number of halogens is 1. The molecular formula is C13H18ClN3O2. The topological polar surface area (TPSA) is 67.2 Å². The summed E-state index contributed by atoms with van der Waals surface area (Å²) in [5.41, 5.74) is -0.153. The summed E-state index contributed by atoms with van der Waals surface area (Å²) in [6.07, 6.45) is 7.26. The van der Waals surface area contributed by atoms with Crippen LogP contribution in [0.25, 0.3) is 0 Å². The van der Waals surface area contributed by atoms with Crippen LogP contribution in [-0.2, 0) is 6.54 Å². The number of nitrogens with one attached hydrogen (secondary N) is 1. The highest BCUT2D eigenvalue weighted by Crippen LogP contribution is 2.18. The molecule has 0 bridgehead atoms. The van der Waals surface area contributed by atoms with Gasteiger partial charge in [-0.2, -0.15) is 5.10 Å². The van der Waals surface area contributed by atoms with Crippen molar-refractivity contribution in [2.45, 2.75) is 32.9 Å². The summed E-state index contributed by atoms with van der Waals surface area (Å²) in [5, 5.41) is 16.4. The molecule has 0 amide bonds. The first-order valence-corrected chi connectivity index (χ1v) is 6.43. The summed E-state index contributed by atoms with van der Waals surface area (Å²) in [4.78, 5) is 12.1. The normalized spacial score (nSPS) is 12.2. The fourth-order valence-electron chi connectivity index (χ4n) is 1.75. The summed E-state index contributed by atoms with van der Waals surface area (Å²) in [5.74, 6) is 2.74. The first-order valence-electron chi connectivity index (χ1n) is 6.06. The van der Waals surface area contributed by atoms with E-state index < -0.39 is 0 Å². The van der Waals surface area contributed by atoms with Crippen molar-refractivity contribution in [3.8, 4) is 12.3 Å². The van der Waals surface area contributed by atoms with Gasteiger partial charge in [-0.1, -0.05) is 31.4 Å². The van der Waals surface area contributed by atoms with E-state index in [0.717, 1.165) is 11.1 Å². The van der Waals surface area contributed by atoms with Crippen LogP contribution in [0.15, 0.2) is 11.0 Å². The van der Waals surface area contributed by atoms with Crippen molar-refractivity contribution in [2.24, 2.45) is 5.92 Å². The Morgan fingerprint density at radius 1 is 1.63 bits per heavy atom. The second-order valence-corrected chi connectivity index (χ2v) is 5.10. The predicted octanol–water partition coefficient (Wildman–Crippen LogP) is 1.35. The van der Waals surface area contributed by atoms with Crippen LogP contribution in [0.1, 0.15) is 20.3 Å². The van der Waals surface area contributed by atoms with Crippen molar-refractivity contribution in [3.63, 3.8) is 0 Å². The zero-order valence-corrected chi connectivity index (χ0v) is 11.8. The molecule has 1 aromatic rings. The van der Waals surface area contributed by atoms with Crippen LogP contribution >= 0.6 is 11.6 Å². The average molecular weight is 284 g/mol. The fraction of sp³-hybridized carbons (Fsp3) is 0.538. The molecule has 0 fully saturated rings. The molecule has 0 radical (unpaired) electrons. The van der Waals surface area contributed by atoms with Gasteiger partial charge in [-0.05, 0) is 12.3 Å². The van der Waals surface area contributed by atoms with E-state index in [1.807, 2.05) is 13.8 Å². The van der Waals surface area contributed by atoms with Gasteiger partial charge in [-0.15, -0.1) is 6.42 Å². The zero-order chi connectivity index (χ0) is 14.4. The molecule has 6 heteroatoms. The van der Waals surface area contributed by atoms with E-state index in [-0.39, 0.29) is 35.5 Å². The van der Waals surface area contributed by atoms with Crippen LogP contribution in [0.3, 0.4) is 0 Å². The molecule has 1 unspecified atom stereocenters. The van der Waals surface area contributed by atoms with Crippen LogP contribution in [0.4, 0.5) is 5.69 Å². The lowest BCUT2D eigenvalue weighted by Crippen LogP contribution is -2.32. The second-order valence-electron chi connectivity index (χ2n) is 4.69. The number of terminal acetylenes is 1. The Hall–Kier alpha value is -1.51. The third-order valence-electron chi connectivity index (χ3n) is 2.56. The van der Waals surface area contributed by atoms with E-state index in [4.69, 9.17) is 18.0 Å². The highest BCUT2D eigenvalue weighted by atomic mass is 35.5. The first kappa shape index (κ1) is 15.5. The minimum Gasteiger partial charge on any atom is -0.394 e. The number of hydrogen-bond acceptors (Lipinski definition) is 4. The molecule has 0 saturated carbocycles. The molecule has 0 spiro atoms. The van der Waals surface area contributed by atoms with E-state index in [2.05, 4.69) is 16.3 Å². The van der Waals surface area contributed by atoms with Gasteiger partial charge in [0.1, 0.15) is 12.2 Å². The van der Waals surface area contributed by atoms with Gasteiger partial charge < -0.3 is 10.4 Å². The monoisotopic (exact) mass is 283 g/mol. The lowest BCUT2D eigenvalue weighted by molar-refractivity contribution is 0.259. The molecule has 1 aromatic heterocycles. The number of nitrogens with zero attached hydrogens (tertiary/aromatic N) is 2. The Morgan fingerprint density at radius 2 is 2.32 bits per heavy atom. The smallest absolute Gasteiger partial charge is 0.292 e. The maximum absolute atomic E-state index is 12.1. The van der Waals surface area contributed by atoms with Crippen LogP contribution in [0.5, 0.6) is 0 Å². The molecule has 1 atom stereocenters. The van der Waals surface area contributed by atoms with Crippen molar-refractivity contribution in [2.75, 3.05) is 11.9 Å². The number of aliphatic hydroxyl groups is 1. The summed E-state index contributed by atoms with van der Waals surface area (Å²) in [7, 11) is 0. The number of hydrogen-bond donors (Lipinski definition) is 2. The lowest BCUT2D eigenvalue weighted by Gasteiger charge is -2.20. The van der Waals surface area contributed by atoms with Gasteiger partial charge in [0.15, 0.2) is 0 Å². The second kappa shape index (κ2) is 7.17. The molecule has 1 heterocycles. The Balaban J connectivity index is 3.02. The Bertz CT molecular complexity index is 520. The molecule has 0 aliphatic heterocycles. The standard InChI is InChI=1S/C13H18ClN3O2/c1-4-5-17-13(19)12(11(14)7-15-17)16-10(8-18)6-9(2)3/h1,7,9-10,16,18H,5-6,8H2,2-3H3. The molecule has 2 N–H and O–H groups in total. The minimum absolute atomic E-state index is 0.0780. The summed E-state index contributed by atoms with van der Waals surface area (Å²) in [6, 6.07) is -0.230. The van der Waals surface area contributed by atoms with Gasteiger partial charge in [-0.3, -0.25) is 4.79 Å². The number of anilines is 1. The highest BCUT2D eigenvalue weighted by molar-refractivity contribution is 6.33. The van der Waals surface area contributed by atoms with E-state index in [1.165, 1.54) is 6.20 Å². The Morgan fingerprint density at radius 3 is 2.84 bits per heavy atom. The molecule has 104 valence electrons. The summed E-state index contributed by atoms with van der Waals surface area (Å²) in [6.45, 7) is 4.08. The zero-order valence-electron chi connectivity index (χ0n) is 11.1. The number of aliphatic hydroxyl groups excluding tert-OH is 1. The molecular weight excluding hydrogens is 266 g/mol. The van der Waals surface area contributed by atoms with Gasteiger partial charge in [0.05, 0.1) is 17.8 Å². The quantitative estimate of drug-likeness (QED) is 0.774. The van der Waals surface area contributed by atoms with E-state index >= 15 is 0 Å². The Labute approximate surface area is 117 Å². The molecule has 0 aliphatic rings. The van der Waals surface area contributed by atoms with Crippen molar-refractivity contribution in [1.29, 1.82) is 0 Å². The number of rotatable bonds is 6. The largest absolute Gasteiger partial charge is 0.394 e. The maximum Gasteiger partial charge on any atom is 0.292 e. The van der Waals surface area contributed by atoms with Crippen molar-refractivity contribution in [1.82, 2.24) is 9.78 Å². The minimum atomic E-state index is -0.382. The maximum atomic E-state index is 12.1. The molecule has 0 aromatic carbocycles. The highest BCUT2D eigenvalue weighted by Gasteiger charge is 2.15. The van der Waals surface area contributed by atoms with E-state index in [0.29, 0.717) is 5.92 Å². The lowest BCUT2D eigenvalue weighted by atomic mass is 10.0. The van der Waals surface area contributed by atoms with Gasteiger partial charge in [0.25, 0.3) is 5.56 Å². The van der Waals surface area contributed by atoms with Crippen LogP contribution in [0, 0.1) is 18.3 Å². The summed E-state index contributed by atoms with van der Waals surface area (Å²) < 4.78 is 1.15. The average Bonchev–Trinajstić information content (AvgIpc) is 2.36. The number of aromatic nitrogens is 2. The third-order valence-corrected chi connectivity index (χ3v) is 2.85. The Kier molecular flexibility index (Phi) is 5.87. The van der Waals surface area contributed by atoms with Gasteiger partial charge in [0, 0.05) is 6.04 Å². The van der Waals surface area contributed by atoms with Crippen molar-refractivity contribution < 1.29 is 5.11 Å². The van der Waals surface area contributed by atoms with Crippen LogP contribution < -0.4 is 10.9 Å².